The van der Waals surface area contributed by atoms with Crippen molar-refractivity contribution in [2.24, 2.45) is 0 Å². The summed E-state index contributed by atoms with van der Waals surface area (Å²) in [5.41, 5.74) is 0.229. The minimum Gasteiger partial charge on any atom is -0.410 e. The number of ether oxygens (including phenoxy) is 1. The van der Waals surface area contributed by atoms with Crippen molar-refractivity contribution in [2.45, 2.75) is 36.7 Å². The normalized spacial score (nSPS) is 14.6. The van der Waals surface area contributed by atoms with Crippen LogP contribution in [0.15, 0.2) is 42.6 Å². The van der Waals surface area contributed by atoms with Gasteiger partial charge < -0.3 is 4.74 Å². The number of alkyl halides is 10. The molecular weight excluding hydrogens is 426 g/mol. The van der Waals surface area contributed by atoms with Crippen molar-refractivity contribution in [3.8, 4) is 17.3 Å². The second-order valence-corrected chi connectivity index (χ2v) is 5.69. The van der Waals surface area contributed by atoms with Crippen LogP contribution in [0.4, 0.5) is 43.9 Å². The van der Waals surface area contributed by atoms with E-state index < -0.39 is 42.6 Å². The number of hydrogen-bond donors (Lipinski definition) is 0. The largest absolute Gasteiger partial charge is 0.472 e. The molecule has 2 aromatic rings. The van der Waals surface area contributed by atoms with Gasteiger partial charge in [-0.15, -0.1) is 0 Å². The lowest BCUT2D eigenvalue weighted by Gasteiger charge is -2.33. The first-order valence-corrected chi connectivity index (χ1v) is 7.59. The van der Waals surface area contributed by atoms with Crippen LogP contribution in [0.3, 0.4) is 0 Å². The molecule has 0 saturated carbocycles. The zero-order valence-corrected chi connectivity index (χ0v) is 13.9. The molecular formula is C16H10F10N2O. The van der Waals surface area contributed by atoms with Crippen LogP contribution in [0.2, 0.25) is 0 Å². The average Bonchev–Trinajstić information content (AvgIpc) is 2.60. The van der Waals surface area contributed by atoms with Gasteiger partial charge in [0.25, 0.3) is 0 Å². The van der Waals surface area contributed by atoms with Crippen molar-refractivity contribution in [1.82, 2.24) is 9.97 Å². The van der Waals surface area contributed by atoms with Crippen LogP contribution in [0.1, 0.15) is 6.42 Å². The maximum Gasteiger partial charge on any atom is 0.472 e. The molecule has 0 amide bonds. The van der Waals surface area contributed by atoms with Crippen molar-refractivity contribution in [1.29, 1.82) is 0 Å². The van der Waals surface area contributed by atoms with Crippen LogP contribution in [0.5, 0.6) is 5.88 Å². The Labute approximate surface area is 156 Å². The summed E-state index contributed by atoms with van der Waals surface area (Å²) in [6.45, 7) is 0. The second-order valence-electron chi connectivity index (χ2n) is 5.69. The Bertz CT molecular complexity index is 826. The molecule has 0 fully saturated rings. The summed E-state index contributed by atoms with van der Waals surface area (Å²) < 4.78 is 134. The van der Waals surface area contributed by atoms with Crippen LogP contribution in [0.25, 0.3) is 11.4 Å². The van der Waals surface area contributed by atoms with Crippen molar-refractivity contribution in [2.75, 3.05) is 0 Å². The Kier molecular flexibility index (Phi) is 6.00. The fourth-order valence-corrected chi connectivity index (χ4v) is 2.04. The lowest BCUT2D eigenvalue weighted by atomic mass is 10.0. The summed E-state index contributed by atoms with van der Waals surface area (Å²) in [6.07, 6.45) is -18.6. The van der Waals surface area contributed by atoms with Crippen molar-refractivity contribution >= 4 is 0 Å². The first kappa shape index (κ1) is 22.7. The van der Waals surface area contributed by atoms with Gasteiger partial charge in [0.05, 0.1) is 6.42 Å². The molecule has 13 heteroatoms. The van der Waals surface area contributed by atoms with E-state index in [9.17, 15) is 43.9 Å². The Morgan fingerprint density at radius 3 is 2.00 bits per heavy atom. The third-order valence-electron chi connectivity index (χ3n) is 3.48. The molecule has 1 heterocycles. The van der Waals surface area contributed by atoms with Crippen LogP contribution in [-0.2, 0) is 0 Å². The molecule has 2 rings (SSSR count). The average molecular weight is 436 g/mol. The van der Waals surface area contributed by atoms with Crippen molar-refractivity contribution in [3.63, 3.8) is 0 Å². The molecule has 0 spiro atoms. The summed E-state index contributed by atoms with van der Waals surface area (Å²) in [5, 5.41) is 0. The molecule has 1 unspecified atom stereocenters. The van der Waals surface area contributed by atoms with Gasteiger partial charge in [0, 0.05) is 17.8 Å². The highest BCUT2D eigenvalue weighted by molar-refractivity contribution is 5.54. The molecule has 3 nitrogen and oxygen atoms in total. The number of nitrogens with zero attached hydrogens (tertiary/aromatic N) is 2. The molecule has 1 aromatic heterocycles. The van der Waals surface area contributed by atoms with E-state index in [4.69, 9.17) is 0 Å². The maximum absolute atomic E-state index is 13.7. The lowest BCUT2D eigenvalue weighted by molar-refractivity contribution is -0.385. The smallest absolute Gasteiger partial charge is 0.410 e. The van der Waals surface area contributed by atoms with Gasteiger partial charge >= 0.3 is 24.1 Å². The zero-order valence-electron chi connectivity index (χ0n) is 13.9. The van der Waals surface area contributed by atoms with Crippen LogP contribution in [0, 0.1) is 0 Å². The summed E-state index contributed by atoms with van der Waals surface area (Å²) in [5.74, 6) is -14.6. The Balaban J connectivity index is 2.29. The predicted molar refractivity (Wildman–Crippen MR) is 78.5 cm³/mol. The lowest BCUT2D eigenvalue weighted by Crippen LogP contribution is -2.61. The van der Waals surface area contributed by atoms with E-state index >= 15 is 0 Å². The Morgan fingerprint density at radius 1 is 0.862 bits per heavy atom. The van der Waals surface area contributed by atoms with Gasteiger partial charge in [-0.2, -0.15) is 44.5 Å². The third-order valence-corrected chi connectivity index (χ3v) is 3.48. The molecule has 0 aliphatic heterocycles. The molecule has 0 radical (unpaired) electrons. The first-order chi connectivity index (χ1) is 13.2. The molecule has 0 aliphatic carbocycles. The van der Waals surface area contributed by atoms with E-state index in [1.165, 1.54) is 24.3 Å². The molecule has 1 atom stereocenters. The minimum absolute atomic E-state index is 0.229. The molecule has 1 aromatic carbocycles. The van der Waals surface area contributed by atoms with E-state index in [1.807, 2.05) is 0 Å². The van der Waals surface area contributed by atoms with E-state index in [1.54, 1.807) is 6.07 Å². The van der Waals surface area contributed by atoms with E-state index in [2.05, 4.69) is 14.7 Å². The monoisotopic (exact) mass is 436 g/mol. The molecule has 160 valence electrons. The highest BCUT2D eigenvalue weighted by Gasteiger charge is 2.77. The highest BCUT2D eigenvalue weighted by Crippen LogP contribution is 2.50. The van der Waals surface area contributed by atoms with Gasteiger partial charge in [-0.3, -0.25) is 0 Å². The molecule has 0 aliphatic rings. The fraction of sp³-hybridized carbons (Fsp3) is 0.375. The highest BCUT2D eigenvalue weighted by atomic mass is 19.4. The number of rotatable bonds is 7. The Hall–Kier alpha value is -2.60. The van der Waals surface area contributed by atoms with E-state index in [0.29, 0.717) is 6.07 Å². The summed E-state index contributed by atoms with van der Waals surface area (Å²) >= 11 is 0. The quantitative estimate of drug-likeness (QED) is 0.525. The van der Waals surface area contributed by atoms with Crippen LogP contribution < -0.4 is 4.74 Å². The summed E-state index contributed by atoms with van der Waals surface area (Å²) in [4.78, 5) is 7.03. The molecule has 0 N–H and O–H groups in total. The maximum atomic E-state index is 13.7. The zero-order chi connectivity index (χ0) is 22.1. The summed E-state index contributed by atoms with van der Waals surface area (Å²) in [7, 11) is 0. The van der Waals surface area contributed by atoms with Gasteiger partial charge in [-0.25, -0.2) is 9.37 Å². The minimum atomic E-state index is -6.64. The third kappa shape index (κ3) is 4.88. The van der Waals surface area contributed by atoms with Crippen LogP contribution in [-0.4, -0.2) is 40.3 Å². The number of hydrogen-bond acceptors (Lipinski definition) is 3. The topological polar surface area (TPSA) is 35.0 Å². The van der Waals surface area contributed by atoms with Gasteiger partial charge in [0.2, 0.25) is 5.88 Å². The SMILES string of the molecule is FC(CC(F)(F)F)C(F)(F)C(F)(F)C(F)(F)Oc1ccnc(-c2ccccc2)n1. The Morgan fingerprint density at radius 2 is 1.45 bits per heavy atom. The van der Waals surface area contributed by atoms with Gasteiger partial charge in [-0.1, -0.05) is 30.3 Å². The van der Waals surface area contributed by atoms with Crippen LogP contribution >= 0.6 is 0 Å². The van der Waals surface area contributed by atoms with E-state index in [0.717, 1.165) is 6.20 Å². The number of aromatic nitrogens is 2. The van der Waals surface area contributed by atoms with Gasteiger partial charge in [-0.05, 0) is 0 Å². The van der Waals surface area contributed by atoms with E-state index in [-0.39, 0.29) is 11.4 Å². The first-order valence-electron chi connectivity index (χ1n) is 7.59. The van der Waals surface area contributed by atoms with Crippen molar-refractivity contribution in [3.05, 3.63) is 42.6 Å². The predicted octanol–water partition coefficient (Wildman–Crippen LogP) is 5.68. The standard InChI is InChI=1S/C16H10F10N2O/c17-10(8-13(18,19)20)14(21,22)15(23,24)16(25,26)29-11-6-7-27-12(28-11)9-4-2-1-3-5-9/h1-7,10H,8H2. The fourth-order valence-electron chi connectivity index (χ4n) is 2.04. The molecule has 0 bridgehead atoms. The number of benzene rings is 1. The van der Waals surface area contributed by atoms with Gasteiger partial charge in [0.1, 0.15) is 0 Å². The van der Waals surface area contributed by atoms with Gasteiger partial charge in [0.15, 0.2) is 12.0 Å². The molecule has 29 heavy (non-hydrogen) atoms. The number of halogens is 10. The second kappa shape index (κ2) is 7.67. The molecule has 0 saturated heterocycles. The summed E-state index contributed by atoms with van der Waals surface area (Å²) in [6, 6.07) is 7.91. The van der Waals surface area contributed by atoms with Crippen molar-refractivity contribution < 1.29 is 48.6 Å².